The number of carbonyl (C=O) groups is 2. The first-order valence-corrected chi connectivity index (χ1v) is 8.80. The average Bonchev–Trinajstić information content (AvgIpc) is 2.73. The second kappa shape index (κ2) is 9.29. The number of pyridine rings is 1. The zero-order chi connectivity index (χ0) is 18.9. The van der Waals surface area contributed by atoms with Crippen LogP contribution in [-0.2, 0) is 17.8 Å². The Balaban J connectivity index is 1.70. The van der Waals surface area contributed by atoms with Crippen LogP contribution in [0.4, 0.5) is 0 Å². The lowest BCUT2D eigenvalue weighted by Crippen LogP contribution is -2.47. The van der Waals surface area contributed by atoms with Gasteiger partial charge in [-0.05, 0) is 29.8 Å². The van der Waals surface area contributed by atoms with Gasteiger partial charge in [0.15, 0.2) is 0 Å². The molecule has 0 radical (unpaired) electrons. The molecular weight excluding hydrogens is 338 g/mol. The molecule has 5 nitrogen and oxygen atoms in total. The first kappa shape index (κ1) is 18.3. The Morgan fingerprint density at radius 2 is 1.52 bits per heavy atom. The molecule has 0 bridgehead atoms. The van der Waals surface area contributed by atoms with Crippen LogP contribution in [0.1, 0.15) is 21.6 Å². The van der Waals surface area contributed by atoms with Gasteiger partial charge in [0, 0.05) is 18.2 Å². The molecular formula is C22H21N3O2. The molecule has 3 rings (SSSR count). The van der Waals surface area contributed by atoms with E-state index in [0.29, 0.717) is 18.5 Å². The Bertz CT molecular complexity index is 868. The molecule has 0 saturated carbocycles. The number of hydrogen-bond donors (Lipinski definition) is 2. The molecule has 136 valence electrons. The van der Waals surface area contributed by atoms with Crippen LogP contribution in [0.5, 0.6) is 0 Å². The van der Waals surface area contributed by atoms with Crippen LogP contribution in [0.2, 0.25) is 0 Å². The molecule has 2 amide bonds. The van der Waals surface area contributed by atoms with Gasteiger partial charge in [0.25, 0.3) is 5.91 Å². The molecule has 1 aromatic heterocycles. The fourth-order valence-corrected chi connectivity index (χ4v) is 2.69. The van der Waals surface area contributed by atoms with Crippen LogP contribution < -0.4 is 10.6 Å². The molecule has 0 unspecified atom stereocenters. The minimum atomic E-state index is -0.677. The van der Waals surface area contributed by atoms with E-state index in [9.17, 15) is 9.59 Å². The van der Waals surface area contributed by atoms with Crippen molar-refractivity contribution in [2.24, 2.45) is 0 Å². The van der Waals surface area contributed by atoms with Crippen LogP contribution in [0.3, 0.4) is 0 Å². The molecule has 0 saturated heterocycles. The quantitative estimate of drug-likeness (QED) is 0.681. The normalized spacial score (nSPS) is 11.4. The number of amides is 2. The van der Waals surface area contributed by atoms with Gasteiger partial charge in [0.05, 0.1) is 12.2 Å². The Kier molecular flexibility index (Phi) is 6.30. The Morgan fingerprint density at radius 3 is 2.19 bits per heavy atom. The van der Waals surface area contributed by atoms with Crippen LogP contribution >= 0.6 is 0 Å². The van der Waals surface area contributed by atoms with E-state index in [2.05, 4.69) is 15.6 Å². The van der Waals surface area contributed by atoms with Crippen LogP contribution in [0.25, 0.3) is 0 Å². The monoisotopic (exact) mass is 359 g/mol. The zero-order valence-corrected chi connectivity index (χ0v) is 14.8. The highest BCUT2D eigenvalue weighted by Crippen LogP contribution is 2.06. The fourth-order valence-electron chi connectivity index (χ4n) is 2.69. The van der Waals surface area contributed by atoms with Crippen LogP contribution in [0, 0.1) is 0 Å². The molecule has 0 aliphatic carbocycles. The Labute approximate surface area is 158 Å². The highest BCUT2D eigenvalue weighted by atomic mass is 16.2. The van der Waals surface area contributed by atoms with E-state index in [4.69, 9.17) is 0 Å². The van der Waals surface area contributed by atoms with E-state index in [1.807, 2.05) is 54.6 Å². The lowest BCUT2D eigenvalue weighted by atomic mass is 10.0. The van der Waals surface area contributed by atoms with Crippen molar-refractivity contribution < 1.29 is 9.59 Å². The van der Waals surface area contributed by atoms with Crippen molar-refractivity contribution in [1.82, 2.24) is 15.6 Å². The minimum Gasteiger partial charge on any atom is -0.349 e. The number of nitrogens with one attached hydrogen (secondary N) is 2. The van der Waals surface area contributed by atoms with Crippen molar-refractivity contribution in [2.75, 3.05) is 0 Å². The van der Waals surface area contributed by atoms with Gasteiger partial charge in [-0.3, -0.25) is 14.6 Å². The lowest BCUT2D eigenvalue weighted by Gasteiger charge is -2.19. The largest absolute Gasteiger partial charge is 0.349 e. The maximum atomic E-state index is 12.7. The second-order valence-corrected chi connectivity index (χ2v) is 6.12. The van der Waals surface area contributed by atoms with E-state index in [-0.39, 0.29) is 11.8 Å². The van der Waals surface area contributed by atoms with E-state index >= 15 is 0 Å². The number of nitrogens with zero attached hydrogens (tertiary/aromatic N) is 1. The number of hydrogen-bond acceptors (Lipinski definition) is 3. The molecule has 27 heavy (non-hydrogen) atoms. The predicted molar refractivity (Wildman–Crippen MR) is 104 cm³/mol. The third-order valence-corrected chi connectivity index (χ3v) is 4.11. The molecule has 0 aliphatic rings. The first-order chi connectivity index (χ1) is 13.2. The summed E-state index contributed by atoms with van der Waals surface area (Å²) in [6.07, 6.45) is 2.09. The summed E-state index contributed by atoms with van der Waals surface area (Å²) in [4.78, 5) is 29.5. The van der Waals surface area contributed by atoms with Crippen molar-refractivity contribution in [3.63, 3.8) is 0 Å². The number of benzene rings is 2. The van der Waals surface area contributed by atoms with Gasteiger partial charge in [-0.1, -0.05) is 54.6 Å². The first-order valence-electron chi connectivity index (χ1n) is 8.80. The van der Waals surface area contributed by atoms with E-state index in [1.165, 1.54) is 0 Å². The summed E-state index contributed by atoms with van der Waals surface area (Å²) in [6.45, 7) is 0.312. The summed E-state index contributed by atoms with van der Waals surface area (Å²) < 4.78 is 0. The zero-order valence-electron chi connectivity index (χ0n) is 14.8. The number of carbonyl (C=O) groups excluding carboxylic acids is 2. The standard InChI is InChI=1S/C22H21N3O2/c26-21(18-11-5-2-6-12-18)25-20(15-17-9-3-1-4-10-17)22(27)24-16-19-13-7-8-14-23-19/h1-14,20H,15-16H2,(H,24,27)(H,25,26)/t20-/m0/s1. The van der Waals surface area contributed by atoms with Crippen LogP contribution in [-0.4, -0.2) is 22.8 Å². The van der Waals surface area contributed by atoms with Crippen LogP contribution in [0.15, 0.2) is 85.1 Å². The number of aromatic nitrogens is 1. The van der Waals surface area contributed by atoms with Gasteiger partial charge in [-0.25, -0.2) is 0 Å². The fraction of sp³-hybridized carbons (Fsp3) is 0.136. The molecule has 0 aliphatic heterocycles. The van der Waals surface area contributed by atoms with Gasteiger partial charge < -0.3 is 10.6 Å². The molecule has 2 N–H and O–H groups in total. The third-order valence-electron chi connectivity index (χ3n) is 4.11. The number of rotatable bonds is 7. The summed E-state index contributed by atoms with van der Waals surface area (Å²) in [6, 6.07) is 23.4. The topological polar surface area (TPSA) is 71.1 Å². The Hall–Kier alpha value is -3.47. The molecule has 3 aromatic rings. The smallest absolute Gasteiger partial charge is 0.251 e. The molecule has 5 heteroatoms. The van der Waals surface area contributed by atoms with Gasteiger partial charge in [0.1, 0.15) is 6.04 Å². The van der Waals surface area contributed by atoms with Crippen molar-refractivity contribution in [1.29, 1.82) is 0 Å². The van der Waals surface area contributed by atoms with Crippen molar-refractivity contribution in [2.45, 2.75) is 19.0 Å². The van der Waals surface area contributed by atoms with Gasteiger partial charge in [0.2, 0.25) is 5.91 Å². The molecule has 0 fully saturated rings. The summed E-state index contributed by atoms with van der Waals surface area (Å²) >= 11 is 0. The second-order valence-electron chi connectivity index (χ2n) is 6.12. The van der Waals surface area contributed by atoms with Crippen molar-refractivity contribution >= 4 is 11.8 Å². The summed E-state index contributed by atoms with van der Waals surface area (Å²) in [5.74, 6) is -0.515. The molecule has 2 aromatic carbocycles. The van der Waals surface area contributed by atoms with Gasteiger partial charge in [-0.15, -0.1) is 0 Å². The summed E-state index contributed by atoms with van der Waals surface area (Å²) in [7, 11) is 0. The molecule has 0 spiro atoms. The average molecular weight is 359 g/mol. The van der Waals surface area contributed by atoms with E-state index in [0.717, 1.165) is 11.3 Å². The summed E-state index contributed by atoms with van der Waals surface area (Å²) in [5.41, 5.74) is 2.26. The Morgan fingerprint density at radius 1 is 0.852 bits per heavy atom. The van der Waals surface area contributed by atoms with E-state index < -0.39 is 6.04 Å². The maximum Gasteiger partial charge on any atom is 0.251 e. The maximum absolute atomic E-state index is 12.7. The predicted octanol–water partition coefficient (Wildman–Crippen LogP) is 2.74. The SMILES string of the molecule is O=C(N[C@@H](Cc1ccccc1)C(=O)NCc1ccccn1)c1ccccc1. The minimum absolute atomic E-state index is 0.242. The molecule has 1 heterocycles. The van der Waals surface area contributed by atoms with E-state index in [1.54, 1.807) is 30.5 Å². The highest BCUT2D eigenvalue weighted by molar-refractivity contribution is 5.97. The lowest BCUT2D eigenvalue weighted by molar-refractivity contribution is -0.123. The van der Waals surface area contributed by atoms with Gasteiger partial charge >= 0.3 is 0 Å². The van der Waals surface area contributed by atoms with Crippen molar-refractivity contribution in [3.8, 4) is 0 Å². The van der Waals surface area contributed by atoms with Gasteiger partial charge in [-0.2, -0.15) is 0 Å². The van der Waals surface area contributed by atoms with Crippen molar-refractivity contribution in [3.05, 3.63) is 102 Å². The molecule has 1 atom stereocenters. The highest BCUT2D eigenvalue weighted by Gasteiger charge is 2.21. The summed E-state index contributed by atoms with van der Waals surface area (Å²) in [5, 5.41) is 5.71. The third kappa shape index (κ3) is 5.51.